The molecular weight excluding hydrogens is 384 g/mol. The Morgan fingerprint density at radius 1 is 0.967 bits per heavy atom. The van der Waals surface area contributed by atoms with Crippen molar-refractivity contribution in [1.29, 1.82) is 10.8 Å². The fourth-order valence-electron chi connectivity index (χ4n) is 3.21. The number of ether oxygens (including phenoxy) is 3. The lowest BCUT2D eigenvalue weighted by atomic mass is 10.1. The Hall–Kier alpha value is -3.55. The van der Waals surface area contributed by atoms with Crippen molar-refractivity contribution in [2.24, 2.45) is 5.73 Å². The molecule has 0 radical (unpaired) electrons. The lowest BCUT2D eigenvalue weighted by Crippen LogP contribution is -2.27. The molecule has 0 unspecified atom stereocenters. The number of nitrogens with one attached hydrogen (secondary N) is 2. The zero-order valence-corrected chi connectivity index (χ0v) is 16.9. The highest BCUT2D eigenvalue weighted by atomic mass is 16.6. The van der Waals surface area contributed by atoms with Crippen LogP contribution in [0.5, 0.6) is 11.5 Å². The van der Waals surface area contributed by atoms with Crippen LogP contribution in [-0.4, -0.2) is 56.0 Å². The van der Waals surface area contributed by atoms with E-state index in [2.05, 4.69) is 0 Å². The maximum atomic E-state index is 12.2. The van der Waals surface area contributed by atoms with Crippen molar-refractivity contribution in [3.05, 3.63) is 59.2 Å². The van der Waals surface area contributed by atoms with Gasteiger partial charge in [0.15, 0.2) is 11.5 Å². The van der Waals surface area contributed by atoms with Crippen LogP contribution in [0.3, 0.4) is 0 Å². The second-order valence-corrected chi connectivity index (χ2v) is 6.88. The molecule has 1 heterocycles. The number of methoxy groups -OCH3 is 1. The highest BCUT2D eigenvalue weighted by Gasteiger charge is 2.17. The predicted molar refractivity (Wildman–Crippen MR) is 114 cm³/mol. The zero-order chi connectivity index (χ0) is 21.5. The van der Waals surface area contributed by atoms with Gasteiger partial charge < -0.3 is 24.8 Å². The number of benzene rings is 2. The van der Waals surface area contributed by atoms with Gasteiger partial charge in [-0.05, 0) is 43.2 Å². The molecule has 30 heavy (non-hydrogen) atoms. The third-order valence-corrected chi connectivity index (χ3v) is 4.87. The second-order valence-electron chi connectivity index (χ2n) is 6.88. The number of amidine groups is 2. The summed E-state index contributed by atoms with van der Waals surface area (Å²) in [6.45, 7) is 1.99. The number of rotatable bonds is 8. The van der Waals surface area contributed by atoms with E-state index in [4.69, 9.17) is 30.8 Å². The van der Waals surface area contributed by atoms with Crippen LogP contribution < -0.4 is 15.2 Å². The normalized spacial score (nSPS) is 13.0. The Morgan fingerprint density at radius 2 is 1.60 bits per heavy atom. The minimum Gasteiger partial charge on any atom is -0.493 e. The van der Waals surface area contributed by atoms with Gasteiger partial charge in [-0.15, -0.1) is 0 Å². The molecule has 2 aromatic carbocycles. The molecule has 1 fully saturated rings. The van der Waals surface area contributed by atoms with E-state index in [0.29, 0.717) is 28.5 Å². The van der Waals surface area contributed by atoms with Gasteiger partial charge in [-0.1, -0.05) is 12.1 Å². The molecule has 3 rings (SSSR count). The minimum absolute atomic E-state index is 0.0532. The van der Waals surface area contributed by atoms with E-state index in [0.717, 1.165) is 31.5 Å². The highest BCUT2D eigenvalue weighted by molar-refractivity contribution is 5.98. The molecule has 1 saturated heterocycles. The van der Waals surface area contributed by atoms with E-state index in [1.165, 1.54) is 7.11 Å². The molecule has 0 aromatic heterocycles. The van der Waals surface area contributed by atoms with Crippen LogP contribution in [0.25, 0.3) is 0 Å². The van der Waals surface area contributed by atoms with Gasteiger partial charge in [-0.25, -0.2) is 4.79 Å². The summed E-state index contributed by atoms with van der Waals surface area (Å²) in [4.78, 5) is 14.3. The van der Waals surface area contributed by atoms with Crippen molar-refractivity contribution < 1.29 is 19.0 Å². The van der Waals surface area contributed by atoms with Crippen molar-refractivity contribution in [3.8, 4) is 11.5 Å². The van der Waals surface area contributed by atoms with Gasteiger partial charge in [0.05, 0.1) is 12.7 Å². The zero-order valence-electron chi connectivity index (χ0n) is 16.9. The van der Waals surface area contributed by atoms with Crippen LogP contribution in [-0.2, 0) is 4.74 Å². The van der Waals surface area contributed by atoms with Crippen molar-refractivity contribution in [1.82, 2.24) is 4.90 Å². The molecule has 8 nitrogen and oxygen atoms in total. The van der Waals surface area contributed by atoms with Crippen LogP contribution >= 0.6 is 0 Å². The maximum Gasteiger partial charge on any atom is 0.338 e. The summed E-state index contributed by atoms with van der Waals surface area (Å²) in [6, 6.07) is 11.8. The SMILES string of the molecule is COc1ccc(C(=N)N)cc1OCCOC(=O)c1ccc(C(=N)N2CCCC2)cc1. The number of nitrogens with zero attached hydrogens (tertiary/aromatic N) is 1. The Balaban J connectivity index is 1.51. The van der Waals surface area contributed by atoms with E-state index in [1.807, 2.05) is 4.90 Å². The number of carbonyl (C=O) groups excluding carboxylic acids is 1. The highest BCUT2D eigenvalue weighted by Crippen LogP contribution is 2.27. The first-order valence-corrected chi connectivity index (χ1v) is 9.76. The third-order valence-electron chi connectivity index (χ3n) is 4.87. The fraction of sp³-hybridized carbons (Fsp3) is 0.318. The predicted octanol–water partition coefficient (Wildman–Crippen LogP) is 2.64. The second kappa shape index (κ2) is 9.78. The lowest BCUT2D eigenvalue weighted by molar-refractivity contribution is 0.0449. The van der Waals surface area contributed by atoms with Gasteiger partial charge in [-0.2, -0.15) is 0 Å². The van der Waals surface area contributed by atoms with Crippen LogP contribution in [0.2, 0.25) is 0 Å². The van der Waals surface area contributed by atoms with E-state index in [-0.39, 0.29) is 19.0 Å². The summed E-state index contributed by atoms with van der Waals surface area (Å²) in [5.41, 5.74) is 7.22. The summed E-state index contributed by atoms with van der Waals surface area (Å²) in [6.07, 6.45) is 2.22. The van der Waals surface area contributed by atoms with Gasteiger partial charge >= 0.3 is 5.97 Å². The average molecular weight is 410 g/mol. The molecule has 0 spiro atoms. The summed E-state index contributed by atoms with van der Waals surface area (Å²) in [5, 5.41) is 15.8. The molecule has 0 aliphatic carbocycles. The molecule has 1 aliphatic heterocycles. The fourth-order valence-corrected chi connectivity index (χ4v) is 3.21. The minimum atomic E-state index is -0.456. The number of hydrogen-bond donors (Lipinski definition) is 3. The number of hydrogen-bond acceptors (Lipinski definition) is 6. The van der Waals surface area contributed by atoms with E-state index in [1.54, 1.807) is 42.5 Å². The maximum absolute atomic E-state index is 12.2. The molecule has 1 aliphatic rings. The quantitative estimate of drug-likeness (QED) is 0.266. The van der Waals surface area contributed by atoms with Gasteiger partial charge in [0, 0.05) is 24.2 Å². The monoisotopic (exact) mass is 410 g/mol. The Morgan fingerprint density at radius 3 is 2.23 bits per heavy atom. The van der Waals surface area contributed by atoms with Crippen molar-refractivity contribution in [2.75, 3.05) is 33.4 Å². The smallest absolute Gasteiger partial charge is 0.338 e. The topological polar surface area (TPSA) is 122 Å². The molecule has 0 saturated carbocycles. The Labute approximate surface area is 175 Å². The van der Waals surface area contributed by atoms with E-state index >= 15 is 0 Å². The van der Waals surface area contributed by atoms with Crippen LogP contribution in [0, 0.1) is 10.8 Å². The number of likely N-dealkylation sites (tertiary alicyclic amines) is 1. The molecule has 8 heteroatoms. The molecule has 158 valence electrons. The Bertz CT molecular complexity index is 921. The van der Waals surface area contributed by atoms with Gasteiger partial charge in [0.25, 0.3) is 0 Å². The van der Waals surface area contributed by atoms with Gasteiger partial charge in [-0.3, -0.25) is 10.8 Å². The van der Waals surface area contributed by atoms with Crippen molar-refractivity contribution >= 4 is 17.6 Å². The molecular formula is C22H26N4O4. The summed E-state index contributed by atoms with van der Waals surface area (Å²) in [7, 11) is 1.52. The first kappa shape index (κ1) is 21.2. The number of carbonyl (C=O) groups is 1. The summed E-state index contributed by atoms with van der Waals surface area (Å²) in [5.74, 6) is 0.883. The number of esters is 1. The molecule has 4 N–H and O–H groups in total. The summed E-state index contributed by atoms with van der Waals surface area (Å²) >= 11 is 0. The lowest BCUT2D eigenvalue weighted by Gasteiger charge is -2.18. The third kappa shape index (κ3) is 5.08. The van der Waals surface area contributed by atoms with E-state index in [9.17, 15) is 4.79 Å². The number of nitrogen functional groups attached to an aromatic ring is 1. The largest absolute Gasteiger partial charge is 0.493 e. The molecule has 0 amide bonds. The van der Waals surface area contributed by atoms with Gasteiger partial charge in [0.2, 0.25) is 0 Å². The van der Waals surface area contributed by atoms with Crippen LogP contribution in [0.15, 0.2) is 42.5 Å². The van der Waals surface area contributed by atoms with Crippen molar-refractivity contribution in [2.45, 2.75) is 12.8 Å². The van der Waals surface area contributed by atoms with Crippen LogP contribution in [0.4, 0.5) is 0 Å². The Kier molecular flexibility index (Phi) is 6.90. The van der Waals surface area contributed by atoms with Crippen molar-refractivity contribution in [3.63, 3.8) is 0 Å². The first-order valence-electron chi connectivity index (χ1n) is 9.76. The molecule has 2 aromatic rings. The molecule has 0 bridgehead atoms. The first-order chi connectivity index (χ1) is 14.5. The van der Waals surface area contributed by atoms with Gasteiger partial charge in [0.1, 0.15) is 24.9 Å². The number of nitrogens with two attached hydrogens (primary N) is 1. The average Bonchev–Trinajstić information content (AvgIpc) is 3.31. The molecule has 0 atom stereocenters. The standard InChI is InChI=1S/C22H26N4O4/c1-28-18-9-8-17(20(23)24)14-19(18)29-12-13-30-22(27)16-6-4-15(5-7-16)21(25)26-10-2-3-11-26/h4-9,14,25H,2-3,10-13H2,1H3,(H3,23,24). The summed E-state index contributed by atoms with van der Waals surface area (Å²) < 4.78 is 16.1. The van der Waals surface area contributed by atoms with E-state index < -0.39 is 5.97 Å². The van der Waals surface area contributed by atoms with Crippen LogP contribution in [0.1, 0.15) is 34.3 Å².